The fraction of sp³-hybridized carbons (Fsp3) is 0.125. The van der Waals surface area contributed by atoms with Crippen LogP contribution in [0.5, 0.6) is 0 Å². The zero-order chi connectivity index (χ0) is 18.7. The molecule has 0 saturated heterocycles. The molecular formula is C24H20Cl2Hf. The Morgan fingerprint density at radius 2 is 1.63 bits per heavy atom. The van der Waals surface area contributed by atoms with Crippen LogP contribution >= 0.6 is 17.2 Å². The van der Waals surface area contributed by atoms with Gasteiger partial charge in [-0.2, -0.15) is 0 Å². The fourth-order valence-corrected chi connectivity index (χ4v) is 23.4. The Balaban J connectivity index is 1.77. The van der Waals surface area contributed by atoms with E-state index in [1.807, 2.05) is 0 Å². The second-order valence-electron chi connectivity index (χ2n) is 7.57. The summed E-state index contributed by atoms with van der Waals surface area (Å²) < 4.78 is 3.47. The summed E-state index contributed by atoms with van der Waals surface area (Å²) in [6.07, 6.45) is 5.34. The minimum absolute atomic E-state index is 0.0849. The topological polar surface area (TPSA) is 0 Å². The summed E-state index contributed by atoms with van der Waals surface area (Å²) in [6.45, 7) is 2.06. The molecule has 0 spiro atoms. The van der Waals surface area contributed by atoms with Crippen molar-refractivity contribution in [2.45, 2.75) is 17.0 Å². The maximum atomic E-state index is 7.64. The van der Waals surface area contributed by atoms with Crippen molar-refractivity contribution in [1.82, 2.24) is 0 Å². The molecule has 0 N–H and O–H groups in total. The molecule has 3 aromatic rings. The molecule has 0 radical (unpaired) electrons. The Kier molecular flexibility index (Phi) is 4.03. The molecule has 134 valence electrons. The zero-order valence-electron chi connectivity index (χ0n) is 15.1. The summed E-state index contributed by atoms with van der Waals surface area (Å²) in [7, 11) is 15.3. The molecule has 0 aliphatic heterocycles. The van der Waals surface area contributed by atoms with Crippen LogP contribution in [0.2, 0.25) is 0 Å². The normalized spacial score (nSPS) is 17.4. The molecule has 1 atom stereocenters. The molecule has 5 rings (SSSR count). The first-order valence-corrected chi connectivity index (χ1v) is 24.2. The van der Waals surface area contributed by atoms with Gasteiger partial charge in [0.05, 0.1) is 0 Å². The van der Waals surface area contributed by atoms with Crippen LogP contribution in [0.25, 0.3) is 17.2 Å². The van der Waals surface area contributed by atoms with E-state index in [4.69, 9.17) is 17.2 Å². The summed E-state index contributed by atoms with van der Waals surface area (Å²) >= 11 is -4.63. The summed E-state index contributed by atoms with van der Waals surface area (Å²) in [5, 5.41) is 0. The van der Waals surface area contributed by atoms with Gasteiger partial charge in [0.15, 0.2) is 0 Å². The average Bonchev–Trinajstić information content (AvgIpc) is 3.30. The number of fused-ring (bicyclic) bond motifs is 4. The maximum absolute atomic E-state index is 7.64. The predicted octanol–water partition coefficient (Wildman–Crippen LogP) is 6.47. The van der Waals surface area contributed by atoms with Gasteiger partial charge in [0.2, 0.25) is 0 Å². The molecule has 0 bridgehead atoms. The Morgan fingerprint density at radius 1 is 0.889 bits per heavy atom. The molecule has 3 aromatic carbocycles. The number of hydrogen-bond acceptors (Lipinski definition) is 0. The Morgan fingerprint density at radius 3 is 2.48 bits per heavy atom. The summed E-state index contributed by atoms with van der Waals surface area (Å²) in [5.41, 5.74) is 7.82. The standard InChI is InChI=1S/C13H9.C9H7.C2H4.2ClH.Hf/c1-3-7-12-10(5-1)9-11-6-2-4-8-13(11)12;1-2-5-9-7-3-6-8(9)4-1;1-2;;;/h1-5,7-8H,9H2;1-7H;1H,2H3;2*1H;/q;;;;;+2/p-2. The van der Waals surface area contributed by atoms with Gasteiger partial charge in [0.25, 0.3) is 0 Å². The summed E-state index contributed by atoms with van der Waals surface area (Å²) in [6, 6.07) is 23.7. The van der Waals surface area contributed by atoms with Crippen molar-refractivity contribution in [3.8, 4) is 11.1 Å². The molecule has 2 aliphatic carbocycles. The third-order valence-corrected chi connectivity index (χ3v) is 32.1. The van der Waals surface area contributed by atoms with Crippen molar-refractivity contribution in [3.63, 3.8) is 0 Å². The third-order valence-electron chi connectivity index (χ3n) is 6.26. The first-order valence-electron chi connectivity index (χ1n) is 9.38. The number of allylic oxidation sites excluding steroid dienone is 1. The molecular weight excluding hydrogens is 538 g/mol. The molecule has 27 heavy (non-hydrogen) atoms. The SMILES string of the molecule is C[CH]=[Hf]([Cl])([Cl])([c]1cccc2c1Cc1ccccc1-2)[CH]1C=Cc2ccccc21. The molecule has 1 unspecified atom stereocenters. The molecule has 0 aromatic heterocycles. The van der Waals surface area contributed by atoms with Crippen LogP contribution < -0.4 is 3.32 Å². The molecule has 0 amide bonds. The summed E-state index contributed by atoms with van der Waals surface area (Å²) in [4.78, 5) is 0. The van der Waals surface area contributed by atoms with E-state index in [2.05, 4.69) is 89.6 Å². The third kappa shape index (κ3) is 2.48. The second-order valence-corrected chi connectivity index (χ2v) is 37.0. The van der Waals surface area contributed by atoms with Crippen LogP contribution in [0, 0.1) is 0 Å². The van der Waals surface area contributed by atoms with Crippen LogP contribution in [0.3, 0.4) is 0 Å². The van der Waals surface area contributed by atoms with Crippen LogP contribution in [-0.4, -0.2) is 3.76 Å². The van der Waals surface area contributed by atoms with Crippen molar-refractivity contribution in [1.29, 1.82) is 0 Å². The van der Waals surface area contributed by atoms with Gasteiger partial charge in [-0.05, 0) is 0 Å². The first-order chi connectivity index (χ1) is 13.0. The van der Waals surface area contributed by atoms with E-state index in [-0.39, 0.29) is 3.67 Å². The van der Waals surface area contributed by atoms with Crippen molar-refractivity contribution >= 4 is 30.3 Å². The van der Waals surface area contributed by atoms with Gasteiger partial charge >= 0.3 is 169 Å². The average molecular weight is 558 g/mol. The monoisotopic (exact) mass is 558 g/mol. The fourth-order valence-electron chi connectivity index (χ4n) is 4.82. The van der Waals surface area contributed by atoms with Gasteiger partial charge in [-0.25, -0.2) is 0 Å². The van der Waals surface area contributed by atoms with Crippen molar-refractivity contribution in [3.05, 3.63) is 95.1 Å². The molecule has 0 heterocycles. The predicted molar refractivity (Wildman–Crippen MR) is 116 cm³/mol. The van der Waals surface area contributed by atoms with E-state index in [1.54, 1.807) is 0 Å². The first kappa shape index (κ1) is 17.8. The Hall–Kier alpha value is -1.28. The van der Waals surface area contributed by atoms with E-state index >= 15 is 0 Å². The van der Waals surface area contributed by atoms with E-state index in [9.17, 15) is 0 Å². The van der Waals surface area contributed by atoms with Crippen molar-refractivity contribution in [2.75, 3.05) is 0 Å². The zero-order valence-corrected chi connectivity index (χ0v) is 20.2. The van der Waals surface area contributed by atoms with E-state index < -0.39 is 15.7 Å². The van der Waals surface area contributed by atoms with E-state index in [0.717, 1.165) is 6.42 Å². The van der Waals surface area contributed by atoms with Gasteiger partial charge in [-0.1, -0.05) is 0 Å². The number of rotatable bonds is 2. The Labute approximate surface area is 168 Å². The number of benzene rings is 3. The van der Waals surface area contributed by atoms with E-state index in [0.29, 0.717) is 0 Å². The number of halogens is 2. The van der Waals surface area contributed by atoms with Gasteiger partial charge in [-0.15, -0.1) is 0 Å². The van der Waals surface area contributed by atoms with Crippen LogP contribution in [0.1, 0.15) is 32.9 Å². The van der Waals surface area contributed by atoms with Crippen LogP contribution in [0.15, 0.2) is 72.8 Å². The van der Waals surface area contributed by atoms with Gasteiger partial charge in [-0.3, -0.25) is 0 Å². The minimum atomic E-state index is -4.63. The molecule has 0 saturated carbocycles. The van der Waals surface area contributed by atoms with Crippen LogP contribution in [0.4, 0.5) is 0 Å². The Bertz CT molecular complexity index is 1180. The molecule has 3 heteroatoms. The van der Waals surface area contributed by atoms with E-state index in [1.165, 1.54) is 36.7 Å². The van der Waals surface area contributed by atoms with Gasteiger partial charge in [0.1, 0.15) is 0 Å². The van der Waals surface area contributed by atoms with Crippen LogP contribution in [-0.2, 0) is 22.1 Å². The second kappa shape index (κ2) is 6.11. The summed E-state index contributed by atoms with van der Waals surface area (Å²) in [5.74, 6) is 0. The molecule has 2 aliphatic rings. The quantitative estimate of drug-likeness (QED) is 0.248. The number of hydrogen-bond donors (Lipinski definition) is 0. The van der Waals surface area contributed by atoms with Gasteiger partial charge in [0, 0.05) is 0 Å². The van der Waals surface area contributed by atoms with Crippen molar-refractivity contribution in [2.24, 2.45) is 0 Å². The molecule has 0 nitrogen and oxygen atoms in total. The van der Waals surface area contributed by atoms with Crippen molar-refractivity contribution < 1.29 is 15.7 Å². The van der Waals surface area contributed by atoms with Gasteiger partial charge < -0.3 is 0 Å². The molecule has 0 fully saturated rings.